The first kappa shape index (κ1) is 11.2. The minimum Gasteiger partial charge on any atom is -0.316 e. The van der Waals surface area contributed by atoms with E-state index < -0.39 is 0 Å². The molecular weight excluding hydrogens is 214 g/mol. The van der Waals surface area contributed by atoms with Gasteiger partial charge < -0.3 is 5.73 Å². The minimum atomic E-state index is 0.0569. The highest BCUT2D eigenvalue weighted by Crippen LogP contribution is 2.26. The van der Waals surface area contributed by atoms with Gasteiger partial charge in [-0.1, -0.05) is 60.7 Å². The van der Waals surface area contributed by atoms with Crippen molar-refractivity contribution in [2.24, 2.45) is 5.73 Å². The maximum absolute atomic E-state index is 6.11. The fourth-order valence-electron chi connectivity index (χ4n) is 1.50. The van der Waals surface area contributed by atoms with Crippen molar-refractivity contribution < 1.29 is 0 Å². The van der Waals surface area contributed by atoms with E-state index >= 15 is 0 Å². The summed E-state index contributed by atoms with van der Waals surface area (Å²) in [5, 5.41) is 0.0569. The van der Waals surface area contributed by atoms with Crippen LogP contribution in [0.4, 0.5) is 0 Å². The lowest BCUT2D eigenvalue weighted by Crippen LogP contribution is -2.05. The molecule has 0 aliphatic carbocycles. The average molecular weight is 229 g/mol. The van der Waals surface area contributed by atoms with Crippen LogP contribution in [0.1, 0.15) is 16.5 Å². The predicted octanol–water partition coefficient (Wildman–Crippen LogP) is 3.58. The lowest BCUT2D eigenvalue weighted by molar-refractivity contribution is 1.03. The second kappa shape index (κ2) is 5.73. The Kier molecular flexibility index (Phi) is 4.03. The highest BCUT2D eigenvalue weighted by atomic mass is 32.2. The average Bonchev–Trinajstić information content (AvgIpc) is 2.38. The molecule has 2 aromatic carbocycles. The van der Waals surface area contributed by atoms with Gasteiger partial charge in [-0.3, -0.25) is 0 Å². The van der Waals surface area contributed by atoms with Crippen molar-refractivity contribution >= 4 is 11.8 Å². The second-order valence-electron chi connectivity index (χ2n) is 3.63. The zero-order chi connectivity index (χ0) is 11.2. The Balaban J connectivity index is 1.92. The minimum absolute atomic E-state index is 0.0569. The first-order valence-electron chi connectivity index (χ1n) is 5.32. The summed E-state index contributed by atoms with van der Waals surface area (Å²) in [4.78, 5) is 0. The highest BCUT2D eigenvalue weighted by Gasteiger charge is 2.05. The Labute approximate surface area is 101 Å². The van der Waals surface area contributed by atoms with Gasteiger partial charge in [-0.05, 0) is 11.1 Å². The summed E-state index contributed by atoms with van der Waals surface area (Å²) in [6.45, 7) is 0. The van der Waals surface area contributed by atoms with E-state index in [4.69, 9.17) is 5.73 Å². The van der Waals surface area contributed by atoms with Gasteiger partial charge in [0.1, 0.15) is 0 Å². The monoisotopic (exact) mass is 229 g/mol. The Hall–Kier alpha value is -1.25. The van der Waals surface area contributed by atoms with Gasteiger partial charge in [0.15, 0.2) is 0 Å². The van der Waals surface area contributed by atoms with Gasteiger partial charge >= 0.3 is 0 Å². The van der Waals surface area contributed by atoms with Crippen LogP contribution >= 0.6 is 11.8 Å². The molecule has 1 atom stereocenters. The van der Waals surface area contributed by atoms with Crippen molar-refractivity contribution in [1.29, 1.82) is 0 Å². The Morgan fingerprint density at radius 2 is 1.44 bits per heavy atom. The molecule has 1 nitrogen and oxygen atoms in total. The molecule has 1 unspecified atom stereocenters. The van der Waals surface area contributed by atoms with E-state index in [9.17, 15) is 0 Å². The maximum atomic E-state index is 6.11. The standard InChI is InChI=1S/C14H15NS/c15-14(13-9-5-2-6-10-13)16-11-12-7-3-1-4-8-12/h1-10,14H,11,15H2. The number of hydrogen-bond acceptors (Lipinski definition) is 2. The van der Waals surface area contributed by atoms with Gasteiger partial charge in [0, 0.05) is 5.75 Å². The van der Waals surface area contributed by atoms with Gasteiger partial charge in [0.25, 0.3) is 0 Å². The van der Waals surface area contributed by atoms with Gasteiger partial charge in [0.05, 0.1) is 5.37 Å². The molecule has 0 heterocycles. The van der Waals surface area contributed by atoms with E-state index in [1.54, 1.807) is 11.8 Å². The number of benzene rings is 2. The molecular formula is C14H15NS. The molecule has 0 radical (unpaired) electrons. The predicted molar refractivity (Wildman–Crippen MR) is 71.1 cm³/mol. The van der Waals surface area contributed by atoms with Gasteiger partial charge in [0.2, 0.25) is 0 Å². The van der Waals surface area contributed by atoms with E-state index in [2.05, 4.69) is 36.4 Å². The van der Waals surface area contributed by atoms with Crippen LogP contribution in [-0.4, -0.2) is 0 Å². The van der Waals surface area contributed by atoms with Gasteiger partial charge in [-0.15, -0.1) is 11.8 Å². The summed E-state index contributed by atoms with van der Waals surface area (Å²) in [6, 6.07) is 20.6. The first-order valence-corrected chi connectivity index (χ1v) is 6.37. The van der Waals surface area contributed by atoms with Crippen molar-refractivity contribution in [3.05, 3.63) is 71.8 Å². The third-order valence-corrected chi connectivity index (χ3v) is 3.53. The molecule has 2 heteroatoms. The van der Waals surface area contributed by atoms with Crippen LogP contribution in [-0.2, 0) is 5.75 Å². The van der Waals surface area contributed by atoms with Crippen LogP contribution in [0.3, 0.4) is 0 Å². The fraction of sp³-hybridized carbons (Fsp3) is 0.143. The summed E-state index contributed by atoms with van der Waals surface area (Å²) >= 11 is 1.76. The summed E-state index contributed by atoms with van der Waals surface area (Å²) in [5.41, 5.74) is 8.61. The van der Waals surface area contributed by atoms with Gasteiger partial charge in [-0.2, -0.15) is 0 Å². The largest absolute Gasteiger partial charge is 0.316 e. The van der Waals surface area contributed by atoms with E-state index in [1.807, 2.05) is 24.3 Å². The van der Waals surface area contributed by atoms with Gasteiger partial charge in [-0.25, -0.2) is 0 Å². The Morgan fingerprint density at radius 3 is 2.06 bits per heavy atom. The van der Waals surface area contributed by atoms with Crippen molar-refractivity contribution in [3.63, 3.8) is 0 Å². The third kappa shape index (κ3) is 3.12. The quantitative estimate of drug-likeness (QED) is 0.811. The number of rotatable bonds is 4. The van der Waals surface area contributed by atoms with Crippen molar-refractivity contribution in [1.82, 2.24) is 0 Å². The van der Waals surface area contributed by atoms with Crippen molar-refractivity contribution in [2.75, 3.05) is 0 Å². The second-order valence-corrected chi connectivity index (χ2v) is 4.76. The normalized spacial score (nSPS) is 12.3. The smallest absolute Gasteiger partial charge is 0.0767 e. The third-order valence-electron chi connectivity index (χ3n) is 2.40. The molecule has 0 saturated carbocycles. The molecule has 0 aromatic heterocycles. The maximum Gasteiger partial charge on any atom is 0.0767 e. The van der Waals surface area contributed by atoms with E-state index in [0.29, 0.717) is 0 Å². The highest BCUT2D eigenvalue weighted by molar-refractivity contribution is 7.98. The van der Waals surface area contributed by atoms with Crippen molar-refractivity contribution in [2.45, 2.75) is 11.1 Å². The first-order chi connectivity index (χ1) is 7.86. The molecule has 0 fully saturated rings. The van der Waals surface area contributed by atoms with E-state index in [1.165, 1.54) is 11.1 Å². The summed E-state index contributed by atoms with van der Waals surface area (Å²) < 4.78 is 0. The molecule has 2 rings (SSSR count). The van der Waals surface area contributed by atoms with Crippen LogP contribution in [0.15, 0.2) is 60.7 Å². The van der Waals surface area contributed by atoms with Crippen LogP contribution in [0.2, 0.25) is 0 Å². The zero-order valence-corrected chi connectivity index (χ0v) is 9.86. The van der Waals surface area contributed by atoms with E-state index in [0.717, 1.165) is 5.75 Å². The topological polar surface area (TPSA) is 26.0 Å². The summed E-state index contributed by atoms with van der Waals surface area (Å²) in [6.07, 6.45) is 0. The summed E-state index contributed by atoms with van der Waals surface area (Å²) in [7, 11) is 0. The fourth-order valence-corrected chi connectivity index (χ4v) is 2.41. The molecule has 0 saturated heterocycles. The zero-order valence-electron chi connectivity index (χ0n) is 9.04. The summed E-state index contributed by atoms with van der Waals surface area (Å²) in [5.74, 6) is 0.955. The molecule has 0 spiro atoms. The molecule has 2 aromatic rings. The Bertz CT molecular complexity index is 413. The molecule has 0 aliphatic rings. The Morgan fingerprint density at radius 1 is 0.875 bits per heavy atom. The molecule has 2 N–H and O–H groups in total. The molecule has 82 valence electrons. The van der Waals surface area contributed by atoms with Crippen LogP contribution < -0.4 is 5.73 Å². The lowest BCUT2D eigenvalue weighted by atomic mass is 10.2. The van der Waals surface area contributed by atoms with Crippen molar-refractivity contribution in [3.8, 4) is 0 Å². The van der Waals surface area contributed by atoms with Crippen LogP contribution in [0.5, 0.6) is 0 Å². The SMILES string of the molecule is NC(SCc1ccccc1)c1ccccc1. The molecule has 16 heavy (non-hydrogen) atoms. The van der Waals surface area contributed by atoms with Crippen LogP contribution in [0.25, 0.3) is 0 Å². The number of thioether (sulfide) groups is 1. The lowest BCUT2D eigenvalue weighted by Gasteiger charge is -2.11. The molecule has 0 amide bonds. The number of hydrogen-bond donors (Lipinski definition) is 1. The molecule has 0 aliphatic heterocycles. The number of nitrogens with two attached hydrogens (primary N) is 1. The molecule has 0 bridgehead atoms. The van der Waals surface area contributed by atoms with E-state index in [-0.39, 0.29) is 5.37 Å². The van der Waals surface area contributed by atoms with Crippen LogP contribution in [0, 0.1) is 0 Å².